The molecule has 10 nitrogen and oxygen atoms in total. The monoisotopic (exact) mass is 551 g/mol. The molecule has 0 radical (unpaired) electrons. The fourth-order valence-corrected chi connectivity index (χ4v) is 4.21. The van der Waals surface area contributed by atoms with Crippen LogP contribution in [0.1, 0.15) is 48.9 Å². The molecule has 0 unspecified atom stereocenters. The molecule has 14 heteroatoms. The van der Waals surface area contributed by atoms with Crippen molar-refractivity contribution in [1.29, 1.82) is 0 Å². The quantitative estimate of drug-likeness (QED) is 0.453. The largest absolute Gasteiger partial charge is 0.506 e. The number of carbonyl (C=O) groups is 3. The molecule has 200 valence electrons. The highest BCUT2D eigenvalue weighted by Gasteiger charge is 2.35. The highest BCUT2D eigenvalue weighted by Crippen LogP contribution is 2.33. The van der Waals surface area contributed by atoms with Crippen LogP contribution in [0.3, 0.4) is 0 Å². The van der Waals surface area contributed by atoms with Crippen LogP contribution in [0.25, 0.3) is 0 Å². The molecule has 38 heavy (non-hydrogen) atoms. The summed E-state index contributed by atoms with van der Waals surface area (Å²) in [7, 11) is 1.66. The van der Waals surface area contributed by atoms with Crippen molar-refractivity contribution in [2.75, 3.05) is 6.54 Å². The van der Waals surface area contributed by atoms with E-state index < -0.39 is 52.2 Å². The Morgan fingerprint density at radius 1 is 1.16 bits per heavy atom. The predicted molar refractivity (Wildman–Crippen MR) is 128 cm³/mol. The molecule has 3 aromatic rings. The maximum atomic E-state index is 13.4. The van der Waals surface area contributed by atoms with Crippen molar-refractivity contribution < 1.29 is 32.7 Å². The van der Waals surface area contributed by atoms with Crippen LogP contribution in [0.2, 0.25) is 0 Å². The molecule has 4 rings (SSSR count). The minimum atomic E-state index is -4.55. The van der Waals surface area contributed by atoms with E-state index in [-0.39, 0.29) is 36.6 Å². The van der Waals surface area contributed by atoms with Gasteiger partial charge in [0.05, 0.1) is 31.7 Å². The molecule has 0 saturated heterocycles. The maximum Gasteiger partial charge on any atom is 0.416 e. The molecular formula is C24H21ClF3N5O5. The zero-order chi connectivity index (χ0) is 27.9. The minimum absolute atomic E-state index is 0.111. The number of hydrogen-bond donors (Lipinski definition) is 2. The van der Waals surface area contributed by atoms with Gasteiger partial charge in [0.2, 0.25) is 5.24 Å². The molecule has 0 spiro atoms. The zero-order valence-electron chi connectivity index (χ0n) is 20.1. The summed E-state index contributed by atoms with van der Waals surface area (Å²) in [4.78, 5) is 51.6. The van der Waals surface area contributed by atoms with E-state index in [0.29, 0.717) is 5.56 Å². The second kappa shape index (κ2) is 9.97. The molecule has 2 N–H and O–H groups in total. The van der Waals surface area contributed by atoms with Crippen LogP contribution in [0.5, 0.6) is 5.75 Å². The fourth-order valence-electron chi connectivity index (χ4n) is 4.15. The summed E-state index contributed by atoms with van der Waals surface area (Å²) in [6, 6.07) is 5.67. The Morgan fingerprint density at radius 3 is 2.37 bits per heavy atom. The number of nitrogens with zero attached hydrogens (tertiary/aromatic N) is 4. The number of aromatic hydroxyl groups is 1. The van der Waals surface area contributed by atoms with Crippen LogP contribution < -0.4 is 10.9 Å². The van der Waals surface area contributed by atoms with Gasteiger partial charge in [0.1, 0.15) is 11.3 Å². The lowest BCUT2D eigenvalue weighted by Gasteiger charge is -2.16. The van der Waals surface area contributed by atoms with Gasteiger partial charge in [-0.25, -0.2) is 0 Å². The summed E-state index contributed by atoms with van der Waals surface area (Å²) < 4.78 is 41.6. The molecule has 2 aromatic heterocycles. The number of nitrogens with one attached hydrogen (secondary N) is 1. The van der Waals surface area contributed by atoms with Crippen molar-refractivity contribution in [2.24, 2.45) is 7.05 Å². The normalized spacial score (nSPS) is 12.9. The number of aromatic nitrogens is 3. The molecule has 2 amide bonds. The maximum absolute atomic E-state index is 13.4. The lowest BCUT2D eigenvalue weighted by Crippen LogP contribution is -2.36. The first-order valence-corrected chi connectivity index (χ1v) is 11.6. The van der Waals surface area contributed by atoms with Crippen molar-refractivity contribution in [1.82, 2.24) is 24.6 Å². The van der Waals surface area contributed by atoms with Gasteiger partial charge in [0.25, 0.3) is 17.4 Å². The molecule has 3 heterocycles. The van der Waals surface area contributed by atoms with Crippen molar-refractivity contribution in [3.8, 4) is 5.75 Å². The fraction of sp³-hybridized carbons (Fsp3) is 0.292. The summed E-state index contributed by atoms with van der Waals surface area (Å²) in [6.45, 7) is 0.595. The van der Waals surface area contributed by atoms with Crippen molar-refractivity contribution >= 4 is 28.7 Å². The van der Waals surface area contributed by atoms with Gasteiger partial charge < -0.3 is 19.9 Å². The van der Waals surface area contributed by atoms with Crippen LogP contribution in [-0.2, 0) is 37.7 Å². The van der Waals surface area contributed by atoms with E-state index >= 15 is 0 Å². The van der Waals surface area contributed by atoms with Gasteiger partial charge in [-0.05, 0) is 42.3 Å². The number of pyridine rings is 1. The van der Waals surface area contributed by atoms with Crippen molar-refractivity contribution in [3.63, 3.8) is 0 Å². The van der Waals surface area contributed by atoms with E-state index in [4.69, 9.17) is 11.6 Å². The van der Waals surface area contributed by atoms with E-state index in [1.807, 2.05) is 0 Å². The van der Waals surface area contributed by atoms with E-state index in [9.17, 15) is 37.5 Å². The highest BCUT2D eigenvalue weighted by molar-refractivity contribution is 6.64. The van der Waals surface area contributed by atoms with E-state index in [1.54, 1.807) is 20.0 Å². The second-order valence-electron chi connectivity index (χ2n) is 8.73. The Balaban J connectivity index is 1.77. The van der Waals surface area contributed by atoms with Gasteiger partial charge >= 0.3 is 6.18 Å². The Labute approximate surface area is 218 Å². The topological polar surface area (TPSA) is 127 Å². The summed E-state index contributed by atoms with van der Waals surface area (Å²) >= 11 is 5.26. The Kier molecular flexibility index (Phi) is 7.06. The van der Waals surface area contributed by atoms with Crippen LogP contribution >= 0.6 is 11.6 Å². The molecule has 0 aliphatic carbocycles. The molecule has 0 saturated carbocycles. The average Bonchev–Trinajstić information content (AvgIpc) is 3.43. The number of halogens is 4. The number of fused-ring (bicyclic) bond motifs is 1. The third-order valence-corrected chi connectivity index (χ3v) is 6.34. The number of alkyl halides is 3. The second-order valence-corrected chi connectivity index (χ2v) is 9.15. The SMILES string of the molecule is Cc1cc(C(=O)N2Cc3c(O)c(C(=O)NCC(=O)Cl)c(=O)n(Cc4ccc(C(F)(F)F)cc4)c3C2)nn1C. The number of amides is 2. The van der Waals surface area contributed by atoms with Gasteiger partial charge in [0.15, 0.2) is 5.69 Å². The molecule has 1 aromatic carbocycles. The summed E-state index contributed by atoms with van der Waals surface area (Å²) in [5.41, 5.74) is -1.04. The van der Waals surface area contributed by atoms with E-state index in [1.165, 1.54) is 21.7 Å². The van der Waals surface area contributed by atoms with E-state index in [2.05, 4.69) is 10.4 Å². The number of carbonyl (C=O) groups excluding carboxylic acids is 3. The molecule has 0 fully saturated rings. The first-order valence-electron chi connectivity index (χ1n) is 11.2. The first-order chi connectivity index (χ1) is 17.8. The number of aryl methyl sites for hydroxylation is 2. The average molecular weight is 552 g/mol. The standard InChI is InChI=1S/C24H21ClF3N5O5/c1-12-7-16(30-31(12)2)22(37)32-10-15-17(11-32)33(9-13-3-5-14(6-4-13)24(26,27)28)23(38)19(20(15)35)21(36)29-8-18(25)34/h3-7,35H,8-11H2,1-2H3,(H,29,36). The lowest BCUT2D eigenvalue weighted by molar-refractivity contribution is -0.137. The summed E-state index contributed by atoms with van der Waals surface area (Å²) in [5, 5.41) is 16.3. The van der Waals surface area contributed by atoms with Gasteiger partial charge in [0, 0.05) is 24.0 Å². The van der Waals surface area contributed by atoms with Crippen LogP contribution in [0, 0.1) is 6.92 Å². The number of hydrogen-bond acceptors (Lipinski definition) is 6. The number of rotatable bonds is 6. The van der Waals surface area contributed by atoms with Gasteiger partial charge in [-0.2, -0.15) is 18.3 Å². The molecule has 1 aliphatic heterocycles. The Hall–Kier alpha value is -4.13. The molecule has 0 atom stereocenters. The molecule has 0 bridgehead atoms. The van der Waals surface area contributed by atoms with Crippen molar-refractivity contribution in [2.45, 2.75) is 32.7 Å². The van der Waals surface area contributed by atoms with Gasteiger partial charge in [-0.15, -0.1) is 0 Å². The van der Waals surface area contributed by atoms with Gasteiger partial charge in [-0.3, -0.25) is 23.9 Å². The Morgan fingerprint density at radius 2 is 1.82 bits per heavy atom. The van der Waals surface area contributed by atoms with Crippen LogP contribution in [0.15, 0.2) is 35.1 Å². The third kappa shape index (κ3) is 5.14. The van der Waals surface area contributed by atoms with Crippen molar-refractivity contribution in [3.05, 3.63) is 80.0 Å². The lowest BCUT2D eigenvalue weighted by atomic mass is 10.1. The Bertz CT molecular complexity index is 1490. The van der Waals surface area contributed by atoms with Crippen LogP contribution in [-0.4, -0.2) is 48.0 Å². The smallest absolute Gasteiger partial charge is 0.416 e. The third-order valence-electron chi connectivity index (χ3n) is 6.20. The zero-order valence-corrected chi connectivity index (χ0v) is 20.9. The summed E-state index contributed by atoms with van der Waals surface area (Å²) in [5.74, 6) is -2.23. The molecule has 1 aliphatic rings. The summed E-state index contributed by atoms with van der Waals surface area (Å²) in [6.07, 6.45) is -4.55. The highest BCUT2D eigenvalue weighted by atomic mass is 35.5. The molecular weight excluding hydrogens is 531 g/mol. The number of benzene rings is 1. The van der Waals surface area contributed by atoms with Gasteiger partial charge in [-0.1, -0.05) is 12.1 Å². The minimum Gasteiger partial charge on any atom is -0.506 e. The van der Waals surface area contributed by atoms with Crippen LogP contribution in [0.4, 0.5) is 13.2 Å². The van der Waals surface area contributed by atoms with E-state index in [0.717, 1.165) is 22.4 Å². The predicted octanol–water partition coefficient (Wildman–Crippen LogP) is 2.31. The first kappa shape index (κ1) is 26.9.